The van der Waals surface area contributed by atoms with Crippen molar-refractivity contribution in [2.75, 3.05) is 51.6 Å². The van der Waals surface area contributed by atoms with Gasteiger partial charge < -0.3 is 10.2 Å². The highest BCUT2D eigenvalue weighted by molar-refractivity contribution is 8.01. The standard InChI is InChI=1S/C29H35N5OS/c35-28(29(32-16-22-36-29)26-13-7-14-30-23-26)31-15-8-17-33-18-20-34(21-19-33)27(24-9-3-1-4-10-24)25-11-5-2-6-12-25/h1-7,9-14,23,27,32H,8,15-22H2,(H,31,35)/t29-/m1/s1. The molecule has 0 unspecified atom stereocenters. The van der Waals surface area contributed by atoms with Crippen LogP contribution in [0.25, 0.3) is 0 Å². The third-order valence-corrected chi connectivity index (χ3v) is 8.53. The number of amides is 1. The summed E-state index contributed by atoms with van der Waals surface area (Å²) in [5.41, 5.74) is 3.62. The van der Waals surface area contributed by atoms with Crippen molar-refractivity contribution in [2.24, 2.45) is 0 Å². The first-order valence-electron chi connectivity index (χ1n) is 12.9. The maximum Gasteiger partial charge on any atom is 0.255 e. The van der Waals surface area contributed by atoms with E-state index in [0.29, 0.717) is 6.54 Å². The van der Waals surface area contributed by atoms with E-state index in [1.54, 1.807) is 24.2 Å². The van der Waals surface area contributed by atoms with Crippen LogP contribution in [0.2, 0.25) is 0 Å². The van der Waals surface area contributed by atoms with Crippen LogP contribution in [0.15, 0.2) is 85.2 Å². The van der Waals surface area contributed by atoms with Gasteiger partial charge in [0.05, 0.1) is 6.04 Å². The van der Waals surface area contributed by atoms with E-state index in [9.17, 15) is 4.79 Å². The lowest BCUT2D eigenvalue weighted by Gasteiger charge is -2.40. The van der Waals surface area contributed by atoms with Gasteiger partial charge in [-0.25, -0.2) is 0 Å². The lowest BCUT2D eigenvalue weighted by molar-refractivity contribution is -0.124. The number of carbonyl (C=O) groups is 1. The molecule has 1 aromatic heterocycles. The molecule has 2 aliphatic rings. The molecule has 5 rings (SSSR count). The van der Waals surface area contributed by atoms with Crippen LogP contribution in [0.1, 0.15) is 29.2 Å². The monoisotopic (exact) mass is 501 g/mol. The maximum atomic E-state index is 13.2. The molecule has 2 aromatic carbocycles. The third kappa shape index (κ3) is 5.65. The van der Waals surface area contributed by atoms with E-state index >= 15 is 0 Å². The molecule has 188 valence electrons. The molecule has 2 fully saturated rings. The summed E-state index contributed by atoms with van der Waals surface area (Å²) in [6.07, 6.45) is 4.49. The summed E-state index contributed by atoms with van der Waals surface area (Å²) in [6, 6.07) is 25.8. The predicted molar refractivity (Wildman–Crippen MR) is 147 cm³/mol. The Balaban J connectivity index is 1.12. The van der Waals surface area contributed by atoms with Crippen LogP contribution < -0.4 is 10.6 Å². The Hall–Kier alpha value is -2.71. The fourth-order valence-electron chi connectivity index (χ4n) is 5.27. The molecule has 1 atom stereocenters. The van der Waals surface area contributed by atoms with Gasteiger partial charge in [-0.1, -0.05) is 66.7 Å². The molecule has 0 radical (unpaired) electrons. The lowest BCUT2D eigenvalue weighted by Crippen LogP contribution is -2.50. The normalized spacial score (nSPS) is 21.0. The first-order valence-corrected chi connectivity index (χ1v) is 13.9. The third-order valence-electron chi connectivity index (χ3n) is 7.12. The number of pyridine rings is 1. The highest BCUT2D eigenvalue weighted by Crippen LogP contribution is 2.37. The van der Waals surface area contributed by atoms with Gasteiger partial charge in [0, 0.05) is 63.0 Å². The molecule has 3 heterocycles. The predicted octanol–water partition coefficient (Wildman–Crippen LogP) is 3.48. The van der Waals surface area contributed by atoms with E-state index in [0.717, 1.165) is 57.0 Å². The number of nitrogens with one attached hydrogen (secondary N) is 2. The van der Waals surface area contributed by atoms with Crippen molar-refractivity contribution in [3.05, 3.63) is 102 Å². The highest BCUT2D eigenvalue weighted by Gasteiger charge is 2.43. The molecule has 36 heavy (non-hydrogen) atoms. The van der Waals surface area contributed by atoms with Gasteiger partial charge in [-0.15, -0.1) is 11.8 Å². The van der Waals surface area contributed by atoms with Crippen LogP contribution in [0.5, 0.6) is 0 Å². The minimum Gasteiger partial charge on any atom is -0.353 e. The number of hydrogen-bond donors (Lipinski definition) is 2. The Morgan fingerprint density at radius 2 is 1.67 bits per heavy atom. The van der Waals surface area contributed by atoms with Gasteiger partial charge in [-0.3, -0.25) is 20.0 Å². The zero-order valence-electron chi connectivity index (χ0n) is 20.7. The van der Waals surface area contributed by atoms with Crippen molar-refractivity contribution in [3.8, 4) is 0 Å². The van der Waals surface area contributed by atoms with Gasteiger partial charge in [0.2, 0.25) is 0 Å². The van der Waals surface area contributed by atoms with Gasteiger partial charge in [-0.05, 0) is 30.2 Å². The van der Waals surface area contributed by atoms with Gasteiger partial charge in [0.1, 0.15) is 0 Å². The fraction of sp³-hybridized carbons (Fsp3) is 0.379. The second kappa shape index (κ2) is 12.0. The summed E-state index contributed by atoms with van der Waals surface area (Å²) >= 11 is 1.66. The lowest BCUT2D eigenvalue weighted by atomic mass is 9.96. The fourth-order valence-corrected chi connectivity index (χ4v) is 6.48. The Labute approximate surface area is 218 Å². The molecular formula is C29H35N5OS. The number of piperazine rings is 1. The number of rotatable bonds is 9. The molecular weight excluding hydrogens is 466 g/mol. The summed E-state index contributed by atoms with van der Waals surface area (Å²) in [4.78, 5) is 21.8. The molecule has 1 amide bonds. The summed E-state index contributed by atoms with van der Waals surface area (Å²) < 4.78 is 0. The van der Waals surface area contributed by atoms with Crippen LogP contribution in [-0.4, -0.2) is 72.3 Å². The van der Waals surface area contributed by atoms with Crippen molar-refractivity contribution in [3.63, 3.8) is 0 Å². The Bertz CT molecular complexity index is 1040. The maximum absolute atomic E-state index is 13.2. The second-order valence-electron chi connectivity index (χ2n) is 9.41. The Kier molecular flexibility index (Phi) is 8.33. The van der Waals surface area contributed by atoms with Crippen molar-refractivity contribution in [1.82, 2.24) is 25.4 Å². The zero-order valence-corrected chi connectivity index (χ0v) is 21.5. The zero-order chi connectivity index (χ0) is 24.6. The number of nitrogens with zero attached hydrogens (tertiary/aromatic N) is 3. The summed E-state index contributed by atoms with van der Waals surface area (Å²) in [5, 5.41) is 6.60. The average Bonchev–Trinajstić information content (AvgIpc) is 3.45. The van der Waals surface area contributed by atoms with Gasteiger partial charge >= 0.3 is 0 Å². The minimum absolute atomic E-state index is 0.0383. The molecule has 2 N–H and O–H groups in total. The number of carbonyl (C=O) groups excluding carboxylic acids is 1. The van der Waals surface area contributed by atoms with Gasteiger partial charge in [0.25, 0.3) is 5.91 Å². The van der Waals surface area contributed by atoms with Crippen LogP contribution >= 0.6 is 11.8 Å². The van der Waals surface area contributed by atoms with Crippen molar-refractivity contribution < 1.29 is 4.79 Å². The summed E-state index contributed by atoms with van der Waals surface area (Å²) in [7, 11) is 0. The summed E-state index contributed by atoms with van der Waals surface area (Å²) in [6.45, 7) is 6.65. The first kappa shape index (κ1) is 25.0. The molecule has 2 aliphatic heterocycles. The van der Waals surface area contributed by atoms with Crippen LogP contribution in [0, 0.1) is 0 Å². The van der Waals surface area contributed by atoms with Crippen molar-refractivity contribution >= 4 is 17.7 Å². The van der Waals surface area contributed by atoms with E-state index in [4.69, 9.17) is 0 Å². The average molecular weight is 502 g/mol. The van der Waals surface area contributed by atoms with Crippen molar-refractivity contribution in [2.45, 2.75) is 17.3 Å². The first-order chi connectivity index (χ1) is 17.8. The number of aromatic nitrogens is 1. The van der Waals surface area contributed by atoms with E-state index in [1.165, 1.54) is 11.1 Å². The van der Waals surface area contributed by atoms with E-state index in [-0.39, 0.29) is 11.9 Å². The number of thioether (sulfide) groups is 1. The molecule has 0 bridgehead atoms. The second-order valence-corrected chi connectivity index (χ2v) is 10.7. The largest absolute Gasteiger partial charge is 0.353 e. The SMILES string of the molecule is O=C(NCCCN1CCN(C(c2ccccc2)c2ccccc2)CC1)[C@]1(c2cccnc2)NCCS1. The van der Waals surface area contributed by atoms with Crippen LogP contribution in [0.3, 0.4) is 0 Å². The smallest absolute Gasteiger partial charge is 0.255 e. The van der Waals surface area contributed by atoms with Crippen molar-refractivity contribution in [1.29, 1.82) is 0 Å². The molecule has 0 saturated carbocycles. The Morgan fingerprint density at radius 3 is 2.25 bits per heavy atom. The molecule has 0 spiro atoms. The molecule has 6 nitrogen and oxygen atoms in total. The molecule has 0 aliphatic carbocycles. The number of benzene rings is 2. The minimum atomic E-state index is -0.718. The highest BCUT2D eigenvalue weighted by atomic mass is 32.2. The van der Waals surface area contributed by atoms with Gasteiger partial charge in [0.15, 0.2) is 4.87 Å². The van der Waals surface area contributed by atoms with Crippen LogP contribution in [-0.2, 0) is 9.67 Å². The topological polar surface area (TPSA) is 60.5 Å². The quantitative estimate of drug-likeness (QED) is 0.438. The Morgan fingerprint density at radius 1 is 0.972 bits per heavy atom. The number of hydrogen-bond acceptors (Lipinski definition) is 6. The summed E-state index contributed by atoms with van der Waals surface area (Å²) in [5.74, 6) is 0.955. The molecule has 7 heteroatoms. The molecule has 3 aromatic rings. The molecule has 2 saturated heterocycles. The van der Waals surface area contributed by atoms with E-state index < -0.39 is 4.87 Å². The van der Waals surface area contributed by atoms with Gasteiger partial charge in [-0.2, -0.15) is 0 Å². The van der Waals surface area contributed by atoms with E-state index in [1.807, 2.05) is 12.1 Å². The van der Waals surface area contributed by atoms with E-state index in [2.05, 4.69) is 86.1 Å². The van der Waals surface area contributed by atoms with Crippen LogP contribution in [0.4, 0.5) is 0 Å².